The zero-order valence-corrected chi connectivity index (χ0v) is 18.0. The maximum atomic E-state index is 13.0. The highest BCUT2D eigenvalue weighted by atomic mass is 16.2. The quantitative estimate of drug-likeness (QED) is 0.622. The summed E-state index contributed by atoms with van der Waals surface area (Å²) in [7, 11) is 0. The number of benzene rings is 2. The molecule has 3 rings (SSSR count). The number of nitrogens with one attached hydrogen (secondary N) is 3. The van der Waals surface area contributed by atoms with Crippen molar-refractivity contribution in [3.63, 3.8) is 0 Å². The van der Waals surface area contributed by atoms with Crippen molar-refractivity contribution in [1.29, 1.82) is 0 Å². The van der Waals surface area contributed by atoms with Crippen molar-refractivity contribution in [2.24, 2.45) is 0 Å². The highest BCUT2D eigenvalue weighted by Crippen LogP contribution is 2.30. The van der Waals surface area contributed by atoms with Gasteiger partial charge in [0.2, 0.25) is 11.8 Å². The Balaban J connectivity index is 1.71. The number of rotatable bonds is 6. The van der Waals surface area contributed by atoms with Gasteiger partial charge in [0.25, 0.3) is 5.91 Å². The Hall–Kier alpha value is -3.68. The summed E-state index contributed by atoms with van der Waals surface area (Å²) >= 11 is 0. The van der Waals surface area contributed by atoms with E-state index in [-0.39, 0.29) is 5.91 Å². The van der Waals surface area contributed by atoms with Crippen molar-refractivity contribution in [2.75, 3.05) is 17.2 Å². The lowest BCUT2D eigenvalue weighted by Gasteiger charge is -2.22. The minimum Gasteiger partial charge on any atom is -0.326 e. The predicted octanol–water partition coefficient (Wildman–Crippen LogP) is 3.17. The van der Waals surface area contributed by atoms with E-state index in [1.54, 1.807) is 31.2 Å². The number of hydrogen-bond acceptors (Lipinski definition) is 4. The summed E-state index contributed by atoms with van der Waals surface area (Å²) in [6.45, 7) is 6.74. The van der Waals surface area contributed by atoms with Crippen LogP contribution in [0.3, 0.4) is 0 Å². The molecule has 3 N–H and O–H groups in total. The Morgan fingerprint density at radius 2 is 1.65 bits per heavy atom. The minimum atomic E-state index is -1.24. The van der Waals surface area contributed by atoms with Gasteiger partial charge in [0.15, 0.2) is 0 Å². The molecule has 0 spiro atoms. The summed E-state index contributed by atoms with van der Waals surface area (Å²) in [4.78, 5) is 50.1. The van der Waals surface area contributed by atoms with Crippen LogP contribution in [0.15, 0.2) is 48.5 Å². The molecule has 1 aliphatic rings. The number of hydrogen-bond donors (Lipinski definition) is 3. The van der Waals surface area contributed by atoms with Gasteiger partial charge >= 0.3 is 6.03 Å². The Kier molecular flexibility index (Phi) is 6.10. The molecule has 1 atom stereocenters. The first-order valence-corrected chi connectivity index (χ1v) is 10.0. The average Bonchev–Trinajstić information content (AvgIpc) is 2.92. The van der Waals surface area contributed by atoms with Crippen molar-refractivity contribution in [2.45, 2.75) is 39.2 Å². The lowest BCUT2D eigenvalue weighted by Crippen LogP contribution is -2.42. The van der Waals surface area contributed by atoms with Gasteiger partial charge < -0.3 is 16.0 Å². The number of imide groups is 1. The van der Waals surface area contributed by atoms with Crippen molar-refractivity contribution >= 4 is 35.1 Å². The van der Waals surface area contributed by atoms with Crippen LogP contribution in [0.5, 0.6) is 0 Å². The summed E-state index contributed by atoms with van der Waals surface area (Å²) < 4.78 is 0. The molecular weight excluding hydrogens is 396 g/mol. The van der Waals surface area contributed by atoms with Gasteiger partial charge in [-0.2, -0.15) is 0 Å². The minimum absolute atomic E-state index is 0.233. The van der Waals surface area contributed by atoms with Crippen molar-refractivity contribution < 1.29 is 19.2 Å². The predicted molar refractivity (Wildman–Crippen MR) is 118 cm³/mol. The standard InChI is InChI=1S/C23H26N4O4/c1-14(2)16-8-10-17(11-9-16)23(4)21(30)27(22(31)26-23)13-20(29)25-19-7-5-6-18(12-19)24-15(3)28/h5-12,14H,13H2,1-4H3,(H,24,28)(H,25,29)(H,26,31)/t23-/m1/s1. The molecule has 0 aliphatic carbocycles. The van der Waals surface area contributed by atoms with E-state index in [0.717, 1.165) is 10.5 Å². The van der Waals surface area contributed by atoms with E-state index in [1.807, 2.05) is 24.3 Å². The van der Waals surface area contributed by atoms with Gasteiger partial charge in [-0.15, -0.1) is 0 Å². The Morgan fingerprint density at radius 3 is 2.23 bits per heavy atom. The summed E-state index contributed by atoms with van der Waals surface area (Å²) in [5.41, 5.74) is 1.51. The van der Waals surface area contributed by atoms with Gasteiger partial charge in [0.05, 0.1) is 0 Å². The normalized spacial score (nSPS) is 18.2. The molecule has 8 nitrogen and oxygen atoms in total. The first-order chi connectivity index (χ1) is 14.6. The van der Waals surface area contributed by atoms with Crippen LogP contribution in [-0.2, 0) is 19.9 Å². The highest BCUT2D eigenvalue weighted by molar-refractivity contribution is 6.10. The summed E-state index contributed by atoms with van der Waals surface area (Å²) in [5.74, 6) is -0.900. The topological polar surface area (TPSA) is 108 Å². The molecule has 1 fully saturated rings. The van der Waals surface area contributed by atoms with Crippen molar-refractivity contribution in [1.82, 2.24) is 10.2 Å². The summed E-state index contributed by atoms with van der Waals surface area (Å²) in [6.07, 6.45) is 0. The first-order valence-electron chi connectivity index (χ1n) is 10.0. The van der Waals surface area contributed by atoms with Crippen LogP contribution in [0.25, 0.3) is 0 Å². The Bertz CT molecular complexity index is 1030. The number of nitrogens with zero attached hydrogens (tertiary/aromatic N) is 1. The van der Waals surface area contributed by atoms with E-state index in [1.165, 1.54) is 6.92 Å². The summed E-state index contributed by atoms with van der Waals surface area (Å²) in [6, 6.07) is 13.5. The van der Waals surface area contributed by atoms with Gasteiger partial charge in [-0.25, -0.2) is 4.79 Å². The maximum Gasteiger partial charge on any atom is 0.325 e. The molecule has 1 saturated heterocycles. The number of urea groups is 1. The molecule has 2 aromatic rings. The van der Waals surface area contributed by atoms with E-state index in [2.05, 4.69) is 29.8 Å². The largest absolute Gasteiger partial charge is 0.326 e. The smallest absolute Gasteiger partial charge is 0.325 e. The van der Waals surface area contributed by atoms with Crippen LogP contribution in [0.1, 0.15) is 44.7 Å². The van der Waals surface area contributed by atoms with Crippen LogP contribution in [0.4, 0.5) is 16.2 Å². The number of anilines is 2. The van der Waals surface area contributed by atoms with Crippen molar-refractivity contribution in [3.8, 4) is 0 Å². The lowest BCUT2D eigenvalue weighted by molar-refractivity contribution is -0.133. The lowest BCUT2D eigenvalue weighted by atomic mass is 9.90. The fourth-order valence-corrected chi connectivity index (χ4v) is 3.46. The van der Waals surface area contributed by atoms with Crippen LogP contribution in [-0.4, -0.2) is 35.2 Å². The zero-order chi connectivity index (χ0) is 22.8. The molecule has 162 valence electrons. The van der Waals surface area contributed by atoms with E-state index in [9.17, 15) is 19.2 Å². The highest BCUT2D eigenvalue weighted by Gasteiger charge is 2.49. The fourth-order valence-electron chi connectivity index (χ4n) is 3.46. The molecule has 0 radical (unpaired) electrons. The van der Waals surface area contributed by atoms with Crippen LogP contribution in [0.2, 0.25) is 0 Å². The average molecular weight is 422 g/mol. The number of carbonyl (C=O) groups is 4. The third-order valence-electron chi connectivity index (χ3n) is 5.20. The molecule has 0 bridgehead atoms. The molecule has 5 amide bonds. The van der Waals surface area contributed by atoms with Gasteiger partial charge in [-0.3, -0.25) is 19.3 Å². The SMILES string of the molecule is CC(=O)Nc1cccc(NC(=O)CN2C(=O)N[C@](C)(c3ccc(C(C)C)cc3)C2=O)c1. The first kappa shape index (κ1) is 22.0. The zero-order valence-electron chi connectivity index (χ0n) is 18.0. The second-order valence-corrected chi connectivity index (χ2v) is 8.03. The summed E-state index contributed by atoms with van der Waals surface area (Å²) in [5, 5.41) is 7.98. The van der Waals surface area contributed by atoms with Gasteiger partial charge in [0, 0.05) is 18.3 Å². The van der Waals surface area contributed by atoms with Gasteiger partial charge in [0.1, 0.15) is 12.1 Å². The molecule has 8 heteroatoms. The monoisotopic (exact) mass is 422 g/mol. The maximum absolute atomic E-state index is 13.0. The third-order valence-corrected chi connectivity index (χ3v) is 5.20. The molecule has 0 unspecified atom stereocenters. The molecule has 1 heterocycles. The fraction of sp³-hybridized carbons (Fsp3) is 0.304. The van der Waals surface area contributed by atoms with Crippen LogP contribution in [0, 0.1) is 0 Å². The second-order valence-electron chi connectivity index (χ2n) is 8.03. The molecule has 31 heavy (non-hydrogen) atoms. The van der Waals surface area contributed by atoms with E-state index in [4.69, 9.17) is 0 Å². The van der Waals surface area contributed by atoms with Gasteiger partial charge in [-0.1, -0.05) is 44.2 Å². The second kappa shape index (κ2) is 8.59. The molecule has 0 aromatic heterocycles. The van der Waals surface area contributed by atoms with E-state index < -0.39 is 29.9 Å². The van der Waals surface area contributed by atoms with Gasteiger partial charge in [-0.05, 0) is 42.2 Å². The van der Waals surface area contributed by atoms with E-state index >= 15 is 0 Å². The Morgan fingerprint density at radius 1 is 1.03 bits per heavy atom. The van der Waals surface area contributed by atoms with E-state index in [0.29, 0.717) is 22.9 Å². The third kappa shape index (κ3) is 4.74. The molecular formula is C23H26N4O4. The molecule has 2 aromatic carbocycles. The van der Waals surface area contributed by atoms with Crippen molar-refractivity contribution in [3.05, 3.63) is 59.7 Å². The Labute approximate surface area is 181 Å². The number of carbonyl (C=O) groups excluding carboxylic acids is 4. The van der Waals surface area contributed by atoms with Crippen LogP contribution >= 0.6 is 0 Å². The van der Waals surface area contributed by atoms with Crippen LogP contribution < -0.4 is 16.0 Å². The molecule has 1 aliphatic heterocycles. The number of amides is 5. The molecule has 0 saturated carbocycles.